The van der Waals surface area contributed by atoms with Gasteiger partial charge in [0, 0.05) is 48.0 Å². The molecule has 1 N–H and O–H groups in total. The molecular weight excluding hydrogens is 438 g/mol. The molecule has 0 saturated carbocycles. The van der Waals surface area contributed by atoms with E-state index in [0.717, 1.165) is 54.3 Å². The Morgan fingerprint density at radius 1 is 0.912 bits per heavy atom. The van der Waals surface area contributed by atoms with E-state index >= 15 is 0 Å². The molecule has 0 spiro atoms. The lowest BCUT2D eigenvalue weighted by Gasteiger charge is -2.37. The molecule has 3 aromatic rings. The molecule has 0 radical (unpaired) electrons. The molecule has 1 amide bonds. The third-order valence-corrected chi connectivity index (χ3v) is 7.35. The van der Waals surface area contributed by atoms with Gasteiger partial charge in [-0.15, -0.1) is 0 Å². The first-order chi connectivity index (χ1) is 16.5. The number of benzene rings is 3. The van der Waals surface area contributed by atoms with Gasteiger partial charge >= 0.3 is 0 Å². The Morgan fingerprint density at radius 2 is 1.65 bits per heavy atom. The van der Waals surface area contributed by atoms with Gasteiger partial charge < -0.3 is 14.5 Å². The maximum absolute atomic E-state index is 13.4. The van der Waals surface area contributed by atoms with Crippen LogP contribution in [0.25, 0.3) is 0 Å². The molecule has 1 aliphatic heterocycles. The summed E-state index contributed by atoms with van der Waals surface area (Å²) in [7, 11) is 0. The predicted molar refractivity (Wildman–Crippen MR) is 145 cm³/mol. The van der Waals surface area contributed by atoms with E-state index in [2.05, 4.69) is 84.1 Å². The number of hydrogen-bond donors (Lipinski definition) is 1. The number of amides is 1. The van der Waals surface area contributed by atoms with E-state index in [1.54, 1.807) is 11.9 Å². The first-order valence-corrected chi connectivity index (χ1v) is 13.1. The smallest absolute Gasteiger partial charge is 0.254 e. The van der Waals surface area contributed by atoms with Gasteiger partial charge in [-0.1, -0.05) is 49.7 Å². The lowest BCUT2D eigenvalue weighted by atomic mass is 10.1. The summed E-state index contributed by atoms with van der Waals surface area (Å²) >= 11 is 1.55. The first-order valence-electron chi connectivity index (χ1n) is 12.3. The monoisotopic (exact) mass is 473 g/mol. The molecule has 0 aromatic heterocycles. The van der Waals surface area contributed by atoms with Crippen LogP contribution in [0.15, 0.2) is 71.6 Å². The van der Waals surface area contributed by atoms with Crippen LogP contribution in [0, 0.1) is 13.8 Å². The second-order valence-electron chi connectivity index (χ2n) is 9.05. The third kappa shape index (κ3) is 5.95. The number of anilines is 2. The fraction of sp³-hybridized carbons (Fsp3) is 0.345. The lowest BCUT2D eigenvalue weighted by Crippen LogP contribution is -2.49. The molecule has 1 fully saturated rings. The second kappa shape index (κ2) is 11.5. The van der Waals surface area contributed by atoms with E-state index < -0.39 is 0 Å². The Morgan fingerprint density at radius 3 is 2.35 bits per heavy atom. The minimum absolute atomic E-state index is 0.129. The van der Waals surface area contributed by atoms with Crippen LogP contribution in [-0.2, 0) is 6.42 Å². The Bertz CT molecular complexity index is 1100. The lowest BCUT2D eigenvalue weighted by molar-refractivity contribution is 0.0746. The summed E-state index contributed by atoms with van der Waals surface area (Å²) in [4.78, 5) is 18.8. The van der Waals surface area contributed by atoms with Crippen LogP contribution in [0.2, 0.25) is 0 Å². The van der Waals surface area contributed by atoms with Gasteiger partial charge in [0.25, 0.3) is 5.91 Å². The summed E-state index contributed by atoms with van der Waals surface area (Å²) < 4.78 is 3.42. The van der Waals surface area contributed by atoms with Crippen LogP contribution in [0.5, 0.6) is 0 Å². The van der Waals surface area contributed by atoms with Gasteiger partial charge in [0.15, 0.2) is 0 Å². The maximum Gasteiger partial charge on any atom is 0.254 e. The van der Waals surface area contributed by atoms with Crippen LogP contribution in [-0.4, -0.2) is 37.0 Å². The van der Waals surface area contributed by atoms with Gasteiger partial charge in [-0.25, -0.2) is 0 Å². The Balaban J connectivity index is 1.36. The molecule has 4 nitrogen and oxygen atoms in total. The normalized spacial score (nSPS) is 13.7. The molecule has 4 rings (SSSR count). The van der Waals surface area contributed by atoms with Crippen LogP contribution in [0.1, 0.15) is 46.8 Å². The van der Waals surface area contributed by atoms with E-state index in [9.17, 15) is 4.79 Å². The second-order valence-corrected chi connectivity index (χ2v) is 9.93. The van der Waals surface area contributed by atoms with Crippen LogP contribution in [0.3, 0.4) is 0 Å². The van der Waals surface area contributed by atoms with Gasteiger partial charge in [0.1, 0.15) is 0 Å². The van der Waals surface area contributed by atoms with E-state index in [-0.39, 0.29) is 5.91 Å². The van der Waals surface area contributed by atoms with E-state index in [4.69, 9.17) is 0 Å². The fourth-order valence-corrected chi connectivity index (χ4v) is 5.06. The van der Waals surface area contributed by atoms with Crippen molar-refractivity contribution in [3.63, 3.8) is 0 Å². The molecule has 1 aliphatic rings. The number of unbranched alkanes of at least 4 members (excludes halogenated alkanes) is 1. The van der Waals surface area contributed by atoms with Crippen LogP contribution in [0.4, 0.5) is 11.4 Å². The summed E-state index contributed by atoms with van der Waals surface area (Å²) in [5.74, 6) is 0.129. The number of carbonyl (C=O) groups is 1. The highest BCUT2D eigenvalue weighted by atomic mass is 32.2. The standard InChI is InChI=1S/C29H35N3OS/c1-4-5-9-24-12-14-25(15-13-24)30-34-26-16-11-22(2)27(21-26)29(33)32-19-17-31(18-20-32)28-10-7-6-8-23(28)3/h6-8,10-16,21,30H,4-5,9,17-20H2,1-3H3. The van der Waals surface area contributed by atoms with Gasteiger partial charge in [-0.3, -0.25) is 4.79 Å². The number of aryl methyl sites for hydroxylation is 3. The highest BCUT2D eigenvalue weighted by Crippen LogP contribution is 2.26. The average molecular weight is 474 g/mol. The molecule has 1 saturated heterocycles. The SMILES string of the molecule is CCCCc1ccc(NSc2ccc(C)c(C(=O)N3CCN(c4ccccc4C)CC3)c2)cc1. The number of carbonyl (C=O) groups excluding carboxylic acids is 1. The molecule has 5 heteroatoms. The van der Waals surface area contributed by atoms with Crippen molar-refractivity contribution in [1.29, 1.82) is 0 Å². The van der Waals surface area contributed by atoms with Crippen molar-refractivity contribution in [2.24, 2.45) is 0 Å². The molecule has 1 heterocycles. The van der Waals surface area contributed by atoms with Crippen molar-refractivity contribution < 1.29 is 4.79 Å². The Labute approximate surface area is 208 Å². The topological polar surface area (TPSA) is 35.6 Å². The highest BCUT2D eigenvalue weighted by molar-refractivity contribution is 8.00. The molecule has 0 unspecified atom stereocenters. The summed E-state index contributed by atoms with van der Waals surface area (Å²) in [6, 6.07) is 23.3. The summed E-state index contributed by atoms with van der Waals surface area (Å²) in [6.45, 7) is 9.60. The molecule has 0 atom stereocenters. The summed E-state index contributed by atoms with van der Waals surface area (Å²) in [5, 5.41) is 0. The number of hydrogen-bond acceptors (Lipinski definition) is 4. The first kappa shape index (κ1) is 24.2. The molecule has 0 bridgehead atoms. The number of piperazine rings is 1. The molecule has 34 heavy (non-hydrogen) atoms. The van der Waals surface area contributed by atoms with Gasteiger partial charge in [0.05, 0.1) is 0 Å². The minimum Gasteiger partial charge on any atom is -0.368 e. The zero-order chi connectivity index (χ0) is 23.9. The minimum atomic E-state index is 0.129. The van der Waals surface area contributed by atoms with Gasteiger partial charge in [-0.2, -0.15) is 0 Å². The van der Waals surface area contributed by atoms with E-state index in [0.29, 0.717) is 0 Å². The largest absolute Gasteiger partial charge is 0.368 e. The third-order valence-electron chi connectivity index (χ3n) is 6.52. The van der Waals surface area contributed by atoms with E-state index in [1.807, 2.05) is 17.9 Å². The number of rotatable bonds is 8. The van der Waals surface area contributed by atoms with Crippen LogP contribution >= 0.6 is 11.9 Å². The highest BCUT2D eigenvalue weighted by Gasteiger charge is 2.24. The Hall–Kier alpha value is -2.92. The van der Waals surface area contributed by atoms with Crippen molar-refractivity contribution in [3.05, 3.63) is 89.0 Å². The maximum atomic E-state index is 13.4. The van der Waals surface area contributed by atoms with Crippen molar-refractivity contribution in [3.8, 4) is 0 Å². The number of nitrogens with one attached hydrogen (secondary N) is 1. The zero-order valence-corrected chi connectivity index (χ0v) is 21.3. The summed E-state index contributed by atoms with van der Waals surface area (Å²) in [5.41, 5.74) is 6.83. The average Bonchev–Trinajstić information content (AvgIpc) is 2.87. The van der Waals surface area contributed by atoms with Crippen molar-refractivity contribution in [1.82, 2.24) is 4.90 Å². The Kier molecular flexibility index (Phi) is 8.17. The van der Waals surface area contributed by atoms with Crippen molar-refractivity contribution in [2.75, 3.05) is 35.8 Å². The van der Waals surface area contributed by atoms with E-state index in [1.165, 1.54) is 29.7 Å². The summed E-state index contributed by atoms with van der Waals surface area (Å²) in [6.07, 6.45) is 3.57. The van der Waals surface area contributed by atoms with Crippen LogP contribution < -0.4 is 9.62 Å². The fourth-order valence-electron chi connectivity index (χ4n) is 4.37. The molecule has 3 aromatic carbocycles. The predicted octanol–water partition coefficient (Wildman–Crippen LogP) is 6.73. The van der Waals surface area contributed by atoms with Gasteiger partial charge in [-0.05, 0) is 85.7 Å². The zero-order valence-electron chi connectivity index (χ0n) is 20.5. The molecular formula is C29H35N3OS. The van der Waals surface area contributed by atoms with Gasteiger partial charge in [0.2, 0.25) is 0 Å². The molecule has 178 valence electrons. The van der Waals surface area contributed by atoms with Crippen molar-refractivity contribution in [2.45, 2.75) is 44.9 Å². The van der Waals surface area contributed by atoms with Crippen molar-refractivity contribution >= 4 is 29.2 Å². The number of para-hydroxylation sites is 1. The molecule has 0 aliphatic carbocycles. The number of nitrogens with zero attached hydrogens (tertiary/aromatic N) is 2. The quantitative estimate of drug-likeness (QED) is 0.368.